The SMILES string of the molecule is Cc1cc(C)c(S(=O)(=O)NC2CCN(Cc3ccccc3)CC2)c(C)c1.[Cl-]. The third-order valence-corrected chi connectivity index (χ3v) is 6.86. The van der Waals surface area contributed by atoms with Crippen LogP contribution in [0.5, 0.6) is 0 Å². The van der Waals surface area contributed by atoms with Crippen LogP contribution in [0.4, 0.5) is 0 Å². The van der Waals surface area contributed by atoms with Gasteiger partial charge in [-0.05, 0) is 50.3 Å². The summed E-state index contributed by atoms with van der Waals surface area (Å²) >= 11 is 0. The fourth-order valence-electron chi connectivity index (χ4n) is 3.92. The minimum Gasteiger partial charge on any atom is -1.00 e. The molecule has 148 valence electrons. The second-order valence-corrected chi connectivity index (χ2v) is 9.04. The zero-order chi connectivity index (χ0) is 18.7. The summed E-state index contributed by atoms with van der Waals surface area (Å²) in [6, 6.07) is 14.3. The first kappa shape index (κ1) is 21.9. The van der Waals surface area contributed by atoms with E-state index in [9.17, 15) is 8.42 Å². The molecule has 3 rings (SSSR count). The number of piperidine rings is 1. The first-order valence-electron chi connectivity index (χ1n) is 9.21. The maximum Gasteiger partial charge on any atom is 0.241 e. The monoisotopic (exact) mass is 407 g/mol. The van der Waals surface area contributed by atoms with E-state index < -0.39 is 10.0 Å². The Kier molecular flexibility index (Phi) is 7.46. The fourth-order valence-corrected chi connectivity index (χ4v) is 5.68. The molecule has 0 unspecified atom stereocenters. The highest BCUT2D eigenvalue weighted by molar-refractivity contribution is 7.89. The van der Waals surface area contributed by atoms with Crippen molar-refractivity contribution in [2.24, 2.45) is 0 Å². The Balaban J connectivity index is 0.00000261. The number of nitrogens with zero attached hydrogens (tertiary/aromatic N) is 1. The predicted molar refractivity (Wildman–Crippen MR) is 106 cm³/mol. The molecule has 2 aromatic rings. The van der Waals surface area contributed by atoms with Crippen molar-refractivity contribution in [3.05, 3.63) is 64.7 Å². The third-order valence-electron chi connectivity index (χ3n) is 5.03. The van der Waals surface area contributed by atoms with E-state index in [0.717, 1.165) is 49.2 Å². The molecule has 1 heterocycles. The second-order valence-electron chi connectivity index (χ2n) is 7.39. The van der Waals surface area contributed by atoms with Gasteiger partial charge in [0.1, 0.15) is 0 Å². The lowest BCUT2D eigenvalue weighted by Gasteiger charge is -2.32. The minimum absolute atomic E-state index is 0. The zero-order valence-corrected chi connectivity index (χ0v) is 17.8. The quantitative estimate of drug-likeness (QED) is 0.787. The van der Waals surface area contributed by atoms with Gasteiger partial charge in [-0.1, -0.05) is 48.0 Å². The number of benzene rings is 2. The molecule has 0 amide bonds. The van der Waals surface area contributed by atoms with Gasteiger partial charge in [0.05, 0.1) is 4.90 Å². The molecule has 2 aromatic carbocycles. The Labute approximate surface area is 169 Å². The Morgan fingerprint density at radius 2 is 1.56 bits per heavy atom. The zero-order valence-electron chi connectivity index (χ0n) is 16.2. The highest BCUT2D eigenvalue weighted by atomic mass is 35.5. The third kappa shape index (κ3) is 5.55. The molecule has 0 spiro atoms. The Morgan fingerprint density at radius 3 is 2.11 bits per heavy atom. The van der Waals surface area contributed by atoms with Crippen LogP contribution in [0.25, 0.3) is 0 Å². The topological polar surface area (TPSA) is 49.4 Å². The Hall–Kier alpha value is -1.40. The van der Waals surface area contributed by atoms with E-state index in [1.54, 1.807) is 0 Å². The lowest BCUT2D eigenvalue weighted by Crippen LogP contribution is -3.00. The van der Waals surface area contributed by atoms with Crippen molar-refractivity contribution in [2.45, 2.75) is 51.1 Å². The largest absolute Gasteiger partial charge is 1.00 e. The van der Waals surface area contributed by atoms with Gasteiger partial charge in [0.2, 0.25) is 10.0 Å². The van der Waals surface area contributed by atoms with Crippen LogP contribution in [0.15, 0.2) is 47.4 Å². The van der Waals surface area contributed by atoms with Gasteiger partial charge in [-0.25, -0.2) is 13.1 Å². The summed E-state index contributed by atoms with van der Waals surface area (Å²) in [6.45, 7) is 8.48. The number of hydrogen-bond donors (Lipinski definition) is 1. The maximum atomic E-state index is 12.9. The van der Waals surface area contributed by atoms with Crippen LogP contribution in [-0.2, 0) is 16.6 Å². The Morgan fingerprint density at radius 1 is 1.00 bits per heavy atom. The fraction of sp³-hybridized carbons (Fsp3) is 0.429. The highest BCUT2D eigenvalue weighted by Crippen LogP contribution is 2.23. The van der Waals surface area contributed by atoms with Gasteiger partial charge in [-0.2, -0.15) is 0 Å². The molecular weight excluding hydrogens is 380 g/mol. The van der Waals surface area contributed by atoms with Crippen molar-refractivity contribution in [2.75, 3.05) is 13.1 Å². The molecule has 27 heavy (non-hydrogen) atoms. The predicted octanol–water partition coefficient (Wildman–Crippen LogP) is 0.559. The summed E-state index contributed by atoms with van der Waals surface area (Å²) in [5.41, 5.74) is 4.03. The number of rotatable bonds is 5. The average molecular weight is 408 g/mol. The molecule has 0 saturated carbocycles. The van der Waals surface area contributed by atoms with Crippen LogP contribution in [0.2, 0.25) is 0 Å². The molecule has 1 N–H and O–H groups in total. The molecule has 0 radical (unpaired) electrons. The van der Waals surface area contributed by atoms with E-state index in [1.807, 2.05) is 39.0 Å². The van der Waals surface area contributed by atoms with Crippen LogP contribution >= 0.6 is 0 Å². The standard InChI is InChI=1S/C21H28N2O2S.ClH/c1-16-13-17(2)21(18(3)14-16)26(24,25)22-20-9-11-23(12-10-20)15-19-7-5-4-6-8-19;/h4-8,13-14,20,22H,9-12,15H2,1-3H3;1H/p-1. The van der Waals surface area contributed by atoms with E-state index in [0.29, 0.717) is 4.90 Å². The molecule has 1 aliphatic heterocycles. The van der Waals surface area contributed by atoms with E-state index in [1.165, 1.54) is 5.56 Å². The van der Waals surface area contributed by atoms with Gasteiger partial charge in [0, 0.05) is 25.7 Å². The average Bonchev–Trinajstić information content (AvgIpc) is 2.56. The molecule has 1 fully saturated rings. The van der Waals surface area contributed by atoms with E-state index in [4.69, 9.17) is 0 Å². The lowest BCUT2D eigenvalue weighted by molar-refractivity contribution is -0.00000838. The van der Waals surface area contributed by atoms with Crippen molar-refractivity contribution in [3.8, 4) is 0 Å². The normalized spacial score (nSPS) is 16.1. The van der Waals surface area contributed by atoms with E-state index in [2.05, 4.69) is 33.9 Å². The van der Waals surface area contributed by atoms with Crippen LogP contribution < -0.4 is 17.1 Å². The molecule has 4 nitrogen and oxygen atoms in total. The van der Waals surface area contributed by atoms with Gasteiger partial charge >= 0.3 is 0 Å². The van der Waals surface area contributed by atoms with E-state index in [-0.39, 0.29) is 18.4 Å². The van der Waals surface area contributed by atoms with Crippen LogP contribution in [0.1, 0.15) is 35.1 Å². The van der Waals surface area contributed by atoms with Crippen molar-refractivity contribution in [3.63, 3.8) is 0 Å². The van der Waals surface area contributed by atoms with Gasteiger partial charge in [-0.3, -0.25) is 4.90 Å². The van der Waals surface area contributed by atoms with Crippen molar-refractivity contribution in [1.82, 2.24) is 9.62 Å². The molecule has 0 aliphatic carbocycles. The van der Waals surface area contributed by atoms with Gasteiger partial charge < -0.3 is 12.4 Å². The number of sulfonamides is 1. The van der Waals surface area contributed by atoms with E-state index >= 15 is 0 Å². The molecule has 1 aliphatic rings. The molecular formula is C21H28ClN2O2S-. The van der Waals surface area contributed by atoms with Crippen molar-refractivity contribution >= 4 is 10.0 Å². The molecule has 0 atom stereocenters. The number of hydrogen-bond acceptors (Lipinski definition) is 3. The van der Waals surface area contributed by atoms with Crippen molar-refractivity contribution < 1.29 is 20.8 Å². The van der Waals surface area contributed by atoms with Crippen molar-refractivity contribution in [1.29, 1.82) is 0 Å². The lowest BCUT2D eigenvalue weighted by atomic mass is 10.1. The minimum atomic E-state index is -3.48. The maximum absolute atomic E-state index is 12.9. The summed E-state index contributed by atoms with van der Waals surface area (Å²) in [7, 11) is -3.48. The summed E-state index contributed by atoms with van der Waals surface area (Å²) in [4.78, 5) is 2.83. The van der Waals surface area contributed by atoms with Gasteiger partial charge in [0.25, 0.3) is 0 Å². The highest BCUT2D eigenvalue weighted by Gasteiger charge is 2.26. The first-order chi connectivity index (χ1) is 12.3. The first-order valence-corrected chi connectivity index (χ1v) is 10.7. The molecule has 1 saturated heterocycles. The molecule has 0 aromatic heterocycles. The van der Waals surface area contributed by atoms with Crippen LogP contribution in [-0.4, -0.2) is 32.4 Å². The number of likely N-dealkylation sites (tertiary alicyclic amines) is 1. The number of nitrogens with one attached hydrogen (secondary N) is 1. The second kappa shape index (κ2) is 9.20. The smallest absolute Gasteiger partial charge is 0.241 e. The number of halogens is 1. The van der Waals surface area contributed by atoms with Gasteiger partial charge in [0.15, 0.2) is 0 Å². The summed E-state index contributed by atoms with van der Waals surface area (Å²) in [5, 5.41) is 0. The molecule has 6 heteroatoms. The summed E-state index contributed by atoms with van der Waals surface area (Å²) in [6.07, 6.45) is 1.69. The molecule has 0 bridgehead atoms. The summed E-state index contributed by atoms with van der Waals surface area (Å²) < 4.78 is 28.7. The van der Waals surface area contributed by atoms with Gasteiger partial charge in [-0.15, -0.1) is 0 Å². The summed E-state index contributed by atoms with van der Waals surface area (Å²) in [5.74, 6) is 0. The number of aryl methyl sites for hydroxylation is 3. The Bertz CT molecular complexity index is 838. The van der Waals surface area contributed by atoms with Crippen LogP contribution in [0.3, 0.4) is 0 Å². The van der Waals surface area contributed by atoms with Crippen LogP contribution in [0, 0.1) is 20.8 Å².